The minimum absolute atomic E-state index is 0.0973. The van der Waals surface area contributed by atoms with Crippen molar-refractivity contribution in [3.8, 4) is 6.07 Å². The van der Waals surface area contributed by atoms with Crippen molar-refractivity contribution in [2.75, 3.05) is 12.9 Å². The monoisotopic (exact) mass is 359 g/mol. The van der Waals surface area contributed by atoms with Gasteiger partial charge in [-0.2, -0.15) is 5.26 Å². The molecule has 25 heavy (non-hydrogen) atoms. The fourth-order valence-electron chi connectivity index (χ4n) is 2.70. The highest BCUT2D eigenvalue weighted by Gasteiger charge is 2.35. The molecule has 1 unspecified atom stereocenters. The molecule has 0 saturated carbocycles. The number of carbonyl (C=O) groups excluding carboxylic acids is 1. The minimum Gasteiger partial charge on any atom is -0.463 e. The third kappa shape index (κ3) is 3.67. The Morgan fingerprint density at radius 3 is 2.80 bits per heavy atom. The van der Waals surface area contributed by atoms with E-state index in [1.165, 1.54) is 23.9 Å². The lowest BCUT2D eigenvalue weighted by atomic mass is 9.82. The summed E-state index contributed by atoms with van der Waals surface area (Å²) in [5.41, 5.74) is 1.60. The molecular weight excluding hydrogens is 342 g/mol. The maximum absolute atomic E-state index is 12.5. The van der Waals surface area contributed by atoms with Crippen LogP contribution in [0.15, 0.2) is 46.1 Å². The molecule has 1 aromatic rings. The summed E-state index contributed by atoms with van der Waals surface area (Å²) in [7, 11) is 0. The van der Waals surface area contributed by atoms with Crippen LogP contribution < -0.4 is 5.32 Å². The number of allylic oxidation sites excluding steroid dienone is 2. The van der Waals surface area contributed by atoms with Gasteiger partial charge in [0.15, 0.2) is 0 Å². The Bertz CT molecular complexity index is 823. The summed E-state index contributed by atoms with van der Waals surface area (Å²) in [5.74, 6) is -1.26. The highest BCUT2D eigenvalue weighted by molar-refractivity contribution is 8.02. The number of thioether (sulfide) groups is 1. The van der Waals surface area contributed by atoms with Crippen molar-refractivity contribution in [2.45, 2.75) is 19.8 Å². The lowest BCUT2D eigenvalue weighted by molar-refractivity contribution is -0.384. The smallest absolute Gasteiger partial charge is 0.336 e. The molecule has 0 spiro atoms. The molecule has 2 rings (SSSR count). The molecule has 0 aromatic heterocycles. The molecule has 0 bridgehead atoms. The van der Waals surface area contributed by atoms with Crippen molar-refractivity contribution >= 4 is 23.4 Å². The van der Waals surface area contributed by atoms with E-state index >= 15 is 0 Å². The van der Waals surface area contributed by atoms with Gasteiger partial charge in [-0.1, -0.05) is 12.1 Å². The maximum Gasteiger partial charge on any atom is 0.336 e. The number of nitriles is 1. The van der Waals surface area contributed by atoms with Crippen LogP contribution in [0.4, 0.5) is 5.69 Å². The minimum atomic E-state index is -0.715. The Morgan fingerprint density at radius 1 is 1.52 bits per heavy atom. The summed E-state index contributed by atoms with van der Waals surface area (Å²) < 4.78 is 5.13. The van der Waals surface area contributed by atoms with Gasteiger partial charge in [0.25, 0.3) is 5.69 Å². The first-order valence-corrected chi connectivity index (χ1v) is 8.74. The molecule has 8 heteroatoms. The van der Waals surface area contributed by atoms with Crippen LogP contribution >= 0.6 is 11.8 Å². The number of benzene rings is 1. The van der Waals surface area contributed by atoms with Crippen LogP contribution in [0.25, 0.3) is 0 Å². The van der Waals surface area contributed by atoms with E-state index in [0.29, 0.717) is 21.9 Å². The zero-order valence-electron chi connectivity index (χ0n) is 14.0. The number of nitro benzene ring substituents is 1. The van der Waals surface area contributed by atoms with Gasteiger partial charge in [-0.3, -0.25) is 10.1 Å². The fraction of sp³-hybridized carbons (Fsp3) is 0.294. The number of nitrogens with zero attached hydrogens (tertiary/aromatic N) is 2. The summed E-state index contributed by atoms with van der Waals surface area (Å²) in [6.45, 7) is 3.61. The predicted octanol–water partition coefficient (Wildman–Crippen LogP) is 3.22. The Morgan fingerprint density at radius 2 is 2.24 bits per heavy atom. The molecule has 1 aliphatic heterocycles. The van der Waals surface area contributed by atoms with Crippen LogP contribution in [0.1, 0.15) is 25.3 Å². The Hall–Kier alpha value is -2.79. The molecule has 7 nitrogen and oxygen atoms in total. The Balaban J connectivity index is 2.68. The molecule has 1 aliphatic rings. The Kier molecular flexibility index (Phi) is 5.83. The van der Waals surface area contributed by atoms with Gasteiger partial charge < -0.3 is 10.1 Å². The summed E-state index contributed by atoms with van der Waals surface area (Å²) in [5, 5.41) is 24.4. The number of nitro groups is 1. The van der Waals surface area contributed by atoms with Crippen LogP contribution in [0.3, 0.4) is 0 Å². The van der Waals surface area contributed by atoms with Crippen molar-refractivity contribution in [3.05, 3.63) is 61.8 Å². The van der Waals surface area contributed by atoms with Gasteiger partial charge in [-0.05, 0) is 25.7 Å². The summed E-state index contributed by atoms with van der Waals surface area (Å²) in [4.78, 5) is 23.1. The standard InChI is InChI=1S/C17H17N3O4S/c1-4-24-17(21)14-10(2)19-16(25-3)13(9-18)15(14)11-6-5-7-12(8-11)20(22)23/h5-8,15,19H,4H2,1-3H3. The molecule has 0 fully saturated rings. The SMILES string of the molecule is CCOC(=O)C1=C(C)NC(SC)=C(C#N)C1c1cccc([N+](=O)[O-])c1. The van der Waals surface area contributed by atoms with Gasteiger partial charge in [0.1, 0.15) is 0 Å². The van der Waals surface area contributed by atoms with Crippen molar-refractivity contribution in [1.29, 1.82) is 5.26 Å². The molecule has 0 saturated heterocycles. The van der Waals surface area contributed by atoms with Gasteiger partial charge in [0.2, 0.25) is 0 Å². The number of hydrogen-bond donors (Lipinski definition) is 1. The summed E-state index contributed by atoms with van der Waals surface area (Å²) in [6, 6.07) is 8.11. The average molecular weight is 359 g/mol. The van der Waals surface area contributed by atoms with Gasteiger partial charge in [-0.25, -0.2) is 4.79 Å². The molecule has 1 aromatic carbocycles. The zero-order chi connectivity index (χ0) is 18.6. The normalized spacial score (nSPS) is 17.0. The lowest BCUT2D eigenvalue weighted by Crippen LogP contribution is -2.28. The topological polar surface area (TPSA) is 105 Å². The first-order valence-electron chi connectivity index (χ1n) is 7.52. The van der Waals surface area contributed by atoms with Crippen LogP contribution in [-0.4, -0.2) is 23.8 Å². The molecule has 0 amide bonds. The van der Waals surface area contributed by atoms with E-state index < -0.39 is 16.8 Å². The number of esters is 1. The quantitative estimate of drug-likeness (QED) is 0.489. The van der Waals surface area contributed by atoms with Crippen molar-refractivity contribution in [3.63, 3.8) is 0 Å². The van der Waals surface area contributed by atoms with Crippen molar-refractivity contribution in [2.24, 2.45) is 0 Å². The second kappa shape index (κ2) is 7.85. The summed E-state index contributed by atoms with van der Waals surface area (Å²) in [6.07, 6.45) is 1.81. The van der Waals surface area contributed by atoms with E-state index in [2.05, 4.69) is 11.4 Å². The van der Waals surface area contributed by atoms with Crippen LogP contribution in [0.5, 0.6) is 0 Å². The number of ether oxygens (including phenoxy) is 1. The third-order valence-electron chi connectivity index (χ3n) is 3.76. The molecule has 0 radical (unpaired) electrons. The van der Waals surface area contributed by atoms with E-state index in [1.54, 1.807) is 26.0 Å². The molecule has 0 aliphatic carbocycles. The largest absolute Gasteiger partial charge is 0.463 e. The van der Waals surface area contributed by atoms with E-state index in [1.807, 2.05) is 6.26 Å². The van der Waals surface area contributed by atoms with Crippen LogP contribution in [0, 0.1) is 21.4 Å². The number of nitrogens with one attached hydrogen (secondary N) is 1. The fourth-order valence-corrected chi connectivity index (χ4v) is 3.34. The highest BCUT2D eigenvalue weighted by atomic mass is 32.2. The molecule has 1 N–H and O–H groups in total. The average Bonchev–Trinajstić information content (AvgIpc) is 2.60. The number of rotatable bonds is 5. The maximum atomic E-state index is 12.5. The van der Waals surface area contributed by atoms with E-state index in [9.17, 15) is 20.2 Å². The number of hydrogen-bond acceptors (Lipinski definition) is 7. The van der Waals surface area contributed by atoms with E-state index in [4.69, 9.17) is 4.74 Å². The lowest BCUT2D eigenvalue weighted by Gasteiger charge is -2.28. The second-order valence-corrected chi connectivity index (χ2v) is 6.04. The first-order chi connectivity index (χ1) is 11.9. The Labute approximate surface area is 149 Å². The number of dihydropyridines is 1. The van der Waals surface area contributed by atoms with Gasteiger partial charge in [-0.15, -0.1) is 11.8 Å². The zero-order valence-corrected chi connectivity index (χ0v) is 14.8. The van der Waals surface area contributed by atoms with E-state index in [0.717, 1.165) is 0 Å². The highest BCUT2D eigenvalue weighted by Crippen LogP contribution is 2.41. The molecule has 1 heterocycles. The predicted molar refractivity (Wildman–Crippen MR) is 94.5 cm³/mol. The van der Waals surface area contributed by atoms with Gasteiger partial charge in [0.05, 0.1) is 39.7 Å². The van der Waals surface area contributed by atoms with Gasteiger partial charge >= 0.3 is 5.97 Å². The molecule has 130 valence electrons. The van der Waals surface area contributed by atoms with Gasteiger partial charge in [0, 0.05) is 17.8 Å². The van der Waals surface area contributed by atoms with Crippen molar-refractivity contribution < 1.29 is 14.5 Å². The van der Waals surface area contributed by atoms with Crippen molar-refractivity contribution in [1.82, 2.24) is 5.32 Å². The second-order valence-electron chi connectivity index (χ2n) is 5.23. The number of carbonyl (C=O) groups is 1. The third-order valence-corrected chi connectivity index (χ3v) is 4.49. The molecule has 1 atom stereocenters. The number of non-ortho nitro benzene ring substituents is 1. The summed E-state index contributed by atoms with van der Waals surface area (Å²) >= 11 is 1.34. The molecular formula is C17H17N3O4S. The first kappa shape index (κ1) is 18.5. The van der Waals surface area contributed by atoms with Crippen LogP contribution in [0.2, 0.25) is 0 Å². The van der Waals surface area contributed by atoms with E-state index in [-0.39, 0.29) is 17.9 Å². The van der Waals surface area contributed by atoms with Crippen LogP contribution in [-0.2, 0) is 9.53 Å².